The summed E-state index contributed by atoms with van der Waals surface area (Å²) in [6.45, 7) is 3.72. The van der Waals surface area contributed by atoms with E-state index in [0.29, 0.717) is 37.5 Å². The van der Waals surface area contributed by atoms with Crippen molar-refractivity contribution < 1.29 is 9.59 Å². The largest absolute Gasteiger partial charge is 0.339 e. The molecule has 0 radical (unpaired) electrons. The molecule has 1 aliphatic rings. The van der Waals surface area contributed by atoms with E-state index < -0.39 is 0 Å². The van der Waals surface area contributed by atoms with Crippen LogP contribution >= 0.6 is 0 Å². The first-order valence-corrected chi connectivity index (χ1v) is 8.57. The third-order valence-electron chi connectivity index (χ3n) is 4.65. The summed E-state index contributed by atoms with van der Waals surface area (Å²) in [5.74, 6) is -0.0701. The Morgan fingerprint density at radius 3 is 2.38 bits per heavy atom. The monoisotopic (exact) mass is 349 g/mol. The first kappa shape index (κ1) is 16.3. The van der Waals surface area contributed by atoms with Gasteiger partial charge in [-0.1, -0.05) is 30.3 Å². The molecule has 1 aromatic carbocycles. The second-order valence-corrected chi connectivity index (χ2v) is 6.30. The van der Waals surface area contributed by atoms with E-state index in [1.807, 2.05) is 34.7 Å². The second-order valence-electron chi connectivity index (χ2n) is 6.30. The molecule has 0 aliphatic carbocycles. The number of hydrogen-bond acceptors (Lipinski definition) is 4. The van der Waals surface area contributed by atoms with E-state index in [2.05, 4.69) is 9.97 Å². The van der Waals surface area contributed by atoms with Crippen molar-refractivity contribution in [1.82, 2.24) is 24.2 Å². The molecule has 1 fully saturated rings. The van der Waals surface area contributed by atoms with Crippen LogP contribution in [0.3, 0.4) is 0 Å². The number of fused-ring (bicyclic) bond motifs is 1. The van der Waals surface area contributed by atoms with Gasteiger partial charge in [-0.15, -0.1) is 0 Å². The topological polar surface area (TPSA) is 70.8 Å². The van der Waals surface area contributed by atoms with E-state index in [9.17, 15) is 9.59 Å². The third kappa shape index (κ3) is 2.92. The number of aromatic nitrogens is 3. The predicted octanol–water partition coefficient (Wildman–Crippen LogP) is 1.70. The lowest BCUT2D eigenvalue weighted by molar-refractivity contribution is -0.130. The van der Waals surface area contributed by atoms with Gasteiger partial charge >= 0.3 is 0 Å². The zero-order chi connectivity index (χ0) is 18.1. The van der Waals surface area contributed by atoms with E-state index >= 15 is 0 Å². The van der Waals surface area contributed by atoms with E-state index in [4.69, 9.17) is 0 Å². The zero-order valence-electron chi connectivity index (χ0n) is 14.5. The van der Waals surface area contributed by atoms with Crippen LogP contribution in [0.4, 0.5) is 0 Å². The Hall–Kier alpha value is -3.22. The molecule has 1 saturated heterocycles. The van der Waals surface area contributed by atoms with Crippen molar-refractivity contribution in [3.63, 3.8) is 0 Å². The van der Waals surface area contributed by atoms with Crippen LogP contribution in [-0.2, 0) is 4.79 Å². The van der Waals surface area contributed by atoms with E-state index in [-0.39, 0.29) is 11.8 Å². The maximum Gasteiger partial charge on any atom is 0.274 e. The second kappa shape index (κ2) is 6.59. The van der Waals surface area contributed by atoms with Crippen LogP contribution in [-0.4, -0.2) is 62.2 Å². The molecule has 0 atom stereocenters. The van der Waals surface area contributed by atoms with Crippen LogP contribution in [0.1, 0.15) is 17.4 Å². The van der Waals surface area contributed by atoms with Crippen LogP contribution in [0.25, 0.3) is 16.9 Å². The highest BCUT2D eigenvalue weighted by molar-refractivity contribution is 5.94. The summed E-state index contributed by atoms with van der Waals surface area (Å²) in [6, 6.07) is 9.79. The standard InChI is InChI=1S/C19H19N5O2/c1-14(25)22-9-11-23(12-10-22)19(26)16-13-24-8-7-20-17(18(24)21-16)15-5-3-2-4-6-15/h2-8,13H,9-12H2,1H3. The first-order valence-electron chi connectivity index (χ1n) is 8.57. The van der Waals surface area contributed by atoms with Gasteiger partial charge in [0.15, 0.2) is 5.65 Å². The smallest absolute Gasteiger partial charge is 0.274 e. The van der Waals surface area contributed by atoms with Gasteiger partial charge < -0.3 is 14.2 Å². The minimum absolute atomic E-state index is 0.0448. The number of carbonyl (C=O) groups is 2. The van der Waals surface area contributed by atoms with Gasteiger partial charge in [0.1, 0.15) is 11.4 Å². The van der Waals surface area contributed by atoms with Gasteiger partial charge in [0, 0.05) is 57.3 Å². The number of hydrogen-bond donors (Lipinski definition) is 0. The van der Waals surface area contributed by atoms with Crippen LogP contribution < -0.4 is 0 Å². The van der Waals surface area contributed by atoms with Gasteiger partial charge in [-0.3, -0.25) is 14.6 Å². The molecule has 0 bridgehead atoms. The molecule has 0 N–H and O–H groups in total. The van der Waals surface area contributed by atoms with Gasteiger partial charge in [-0.2, -0.15) is 0 Å². The Morgan fingerprint density at radius 1 is 1.00 bits per heavy atom. The first-order chi connectivity index (χ1) is 12.6. The minimum atomic E-state index is -0.115. The molecular formula is C19H19N5O2. The number of amides is 2. The fourth-order valence-corrected chi connectivity index (χ4v) is 3.21. The molecule has 132 valence electrons. The fourth-order valence-electron chi connectivity index (χ4n) is 3.21. The molecule has 0 spiro atoms. The minimum Gasteiger partial charge on any atom is -0.339 e. The van der Waals surface area contributed by atoms with Crippen LogP contribution in [0, 0.1) is 0 Å². The van der Waals surface area contributed by atoms with Gasteiger partial charge in [0.2, 0.25) is 5.91 Å². The van der Waals surface area contributed by atoms with Gasteiger partial charge in [0.05, 0.1) is 0 Å². The molecule has 2 aromatic heterocycles. The maximum atomic E-state index is 12.8. The highest BCUT2D eigenvalue weighted by Gasteiger charge is 2.25. The van der Waals surface area contributed by atoms with E-state index in [0.717, 1.165) is 11.3 Å². The molecule has 2 amide bonds. The highest BCUT2D eigenvalue weighted by atomic mass is 16.2. The summed E-state index contributed by atoms with van der Waals surface area (Å²) >= 11 is 0. The van der Waals surface area contributed by atoms with Crippen molar-refractivity contribution in [2.45, 2.75) is 6.92 Å². The lowest BCUT2D eigenvalue weighted by Crippen LogP contribution is -2.50. The number of piperazine rings is 1. The Balaban J connectivity index is 1.62. The van der Waals surface area contributed by atoms with Gasteiger partial charge in [0.25, 0.3) is 5.91 Å². The summed E-state index contributed by atoms with van der Waals surface area (Å²) in [5, 5.41) is 0. The molecule has 7 nitrogen and oxygen atoms in total. The zero-order valence-corrected chi connectivity index (χ0v) is 14.5. The Morgan fingerprint density at radius 2 is 1.69 bits per heavy atom. The molecule has 4 rings (SSSR count). The summed E-state index contributed by atoms with van der Waals surface area (Å²) in [5.41, 5.74) is 2.75. The van der Waals surface area contributed by atoms with E-state index in [1.165, 1.54) is 0 Å². The summed E-state index contributed by atoms with van der Waals surface area (Å²) in [6.07, 6.45) is 5.24. The molecular weight excluding hydrogens is 330 g/mol. The third-order valence-corrected chi connectivity index (χ3v) is 4.65. The summed E-state index contributed by atoms with van der Waals surface area (Å²) < 4.78 is 1.83. The molecule has 7 heteroatoms. The molecule has 3 aromatic rings. The average Bonchev–Trinajstić information content (AvgIpc) is 3.12. The lowest BCUT2D eigenvalue weighted by Gasteiger charge is -2.33. The van der Waals surface area contributed by atoms with Crippen molar-refractivity contribution in [1.29, 1.82) is 0 Å². The Kier molecular flexibility index (Phi) is 4.12. The fraction of sp³-hybridized carbons (Fsp3) is 0.263. The van der Waals surface area contributed by atoms with Gasteiger partial charge in [-0.25, -0.2) is 4.98 Å². The molecule has 3 heterocycles. The number of benzene rings is 1. The summed E-state index contributed by atoms with van der Waals surface area (Å²) in [7, 11) is 0. The predicted molar refractivity (Wildman–Crippen MR) is 96.6 cm³/mol. The number of carbonyl (C=O) groups excluding carboxylic acids is 2. The quantitative estimate of drug-likeness (QED) is 0.706. The highest BCUT2D eigenvalue weighted by Crippen LogP contribution is 2.22. The number of nitrogens with zero attached hydrogens (tertiary/aromatic N) is 5. The summed E-state index contributed by atoms with van der Waals surface area (Å²) in [4.78, 5) is 36.7. The number of rotatable bonds is 2. The molecule has 1 aliphatic heterocycles. The van der Waals surface area contributed by atoms with E-state index in [1.54, 1.807) is 35.3 Å². The molecule has 0 saturated carbocycles. The number of imidazole rings is 1. The normalized spacial score (nSPS) is 14.7. The van der Waals surface area contributed by atoms with Crippen molar-refractivity contribution >= 4 is 17.5 Å². The lowest BCUT2D eigenvalue weighted by atomic mass is 10.1. The van der Waals surface area contributed by atoms with Crippen molar-refractivity contribution in [3.8, 4) is 11.3 Å². The Bertz CT molecular complexity index is 958. The Labute approximate surface area is 150 Å². The SMILES string of the molecule is CC(=O)N1CCN(C(=O)c2cn3ccnc(-c4ccccc4)c3n2)CC1. The molecule has 26 heavy (non-hydrogen) atoms. The van der Waals surface area contributed by atoms with Gasteiger partial charge in [-0.05, 0) is 0 Å². The van der Waals surface area contributed by atoms with Crippen molar-refractivity contribution in [2.75, 3.05) is 26.2 Å². The average molecular weight is 349 g/mol. The van der Waals surface area contributed by atoms with Crippen LogP contribution in [0.15, 0.2) is 48.9 Å². The van der Waals surface area contributed by atoms with Crippen LogP contribution in [0.5, 0.6) is 0 Å². The van der Waals surface area contributed by atoms with Crippen molar-refractivity contribution in [2.24, 2.45) is 0 Å². The van der Waals surface area contributed by atoms with Crippen molar-refractivity contribution in [3.05, 3.63) is 54.6 Å². The maximum absolute atomic E-state index is 12.8. The van der Waals surface area contributed by atoms with Crippen LogP contribution in [0.2, 0.25) is 0 Å². The molecule has 0 unspecified atom stereocenters.